The highest BCUT2D eigenvalue weighted by Crippen LogP contribution is 2.27. The lowest BCUT2D eigenvalue weighted by atomic mass is 10.1. The second kappa shape index (κ2) is 8.25. The van der Waals surface area contributed by atoms with Gasteiger partial charge in [-0.1, -0.05) is 15.9 Å². The van der Waals surface area contributed by atoms with Gasteiger partial charge in [0.25, 0.3) is 5.91 Å². The van der Waals surface area contributed by atoms with Crippen LogP contribution in [0, 0.1) is 0 Å². The number of hydrogen-bond donors (Lipinski definition) is 2. The fourth-order valence-electron chi connectivity index (χ4n) is 3.57. The highest BCUT2D eigenvalue weighted by molar-refractivity contribution is 9.10. The Kier molecular flexibility index (Phi) is 5.71. The third-order valence-corrected chi connectivity index (χ3v) is 5.99. The lowest BCUT2D eigenvalue weighted by Crippen LogP contribution is -2.34. The van der Waals surface area contributed by atoms with Crippen LogP contribution in [0.2, 0.25) is 0 Å². The number of halogens is 1. The topological polar surface area (TPSA) is 75.6 Å². The van der Waals surface area contributed by atoms with Gasteiger partial charge in [-0.15, -0.1) is 0 Å². The smallest absolute Gasteiger partial charge is 0.276 e. The molecule has 3 heterocycles. The predicted molar refractivity (Wildman–Crippen MR) is 118 cm³/mol. The minimum absolute atomic E-state index is 0.0736. The van der Waals surface area contributed by atoms with E-state index in [1.165, 1.54) is 4.90 Å². The molecule has 1 atom stereocenters. The van der Waals surface area contributed by atoms with Crippen molar-refractivity contribution in [1.29, 1.82) is 0 Å². The van der Waals surface area contributed by atoms with E-state index in [9.17, 15) is 9.59 Å². The molecule has 0 spiro atoms. The largest absolute Gasteiger partial charge is 0.376 e. The number of likely N-dealkylation sites (N-methyl/N-ethyl adjacent to an activating group) is 1. The monoisotopic (exact) mass is 476 g/mol. The van der Waals surface area contributed by atoms with Crippen LogP contribution in [0.3, 0.4) is 0 Å². The summed E-state index contributed by atoms with van der Waals surface area (Å²) in [5.41, 5.74) is 2.16. The van der Waals surface area contributed by atoms with Gasteiger partial charge >= 0.3 is 0 Å². The molecule has 2 aliphatic heterocycles. The molecule has 4 rings (SSSR count). The minimum atomic E-state index is -0.180. The van der Waals surface area contributed by atoms with E-state index in [1.807, 2.05) is 29.0 Å². The van der Waals surface area contributed by atoms with Crippen molar-refractivity contribution in [1.82, 2.24) is 20.1 Å². The zero-order chi connectivity index (χ0) is 20.5. The van der Waals surface area contributed by atoms with Gasteiger partial charge in [0.2, 0.25) is 5.91 Å². The molecule has 2 aliphatic rings. The molecule has 2 amide bonds. The fourth-order valence-corrected chi connectivity index (χ4v) is 4.12. The molecule has 1 unspecified atom stereocenters. The zero-order valence-electron chi connectivity index (χ0n) is 15.9. The van der Waals surface area contributed by atoms with Gasteiger partial charge in [-0.05, 0) is 49.3 Å². The number of carbonyl (C=O) groups excluding carboxylic acids is 2. The van der Waals surface area contributed by atoms with Crippen LogP contribution in [0.1, 0.15) is 18.4 Å². The molecule has 0 bridgehead atoms. The van der Waals surface area contributed by atoms with Crippen molar-refractivity contribution in [3.63, 3.8) is 0 Å². The number of carbonyl (C=O) groups is 2. The van der Waals surface area contributed by atoms with Crippen LogP contribution < -0.4 is 10.6 Å². The number of nitrogens with zero attached hydrogens (tertiary/aromatic N) is 2. The van der Waals surface area contributed by atoms with Crippen LogP contribution in [-0.4, -0.2) is 52.7 Å². The zero-order valence-corrected chi connectivity index (χ0v) is 18.3. The molecule has 7 nitrogen and oxygen atoms in total. The molecule has 29 heavy (non-hydrogen) atoms. The summed E-state index contributed by atoms with van der Waals surface area (Å²) < 4.78 is 8.36. The SMILES string of the molecule is CN1C(=O)/C(=C/c2cn(CC(=O)NCC3CCCO3)c3ccc(Br)cc23)NC1=S. The van der Waals surface area contributed by atoms with Crippen LogP contribution in [0.25, 0.3) is 17.0 Å². The normalized spacial score (nSPS) is 20.7. The number of thiocarbonyl (C=S) groups is 1. The summed E-state index contributed by atoms with van der Waals surface area (Å²) in [4.78, 5) is 26.2. The standard InChI is InChI=1S/C20H21BrN4O3S/c1-24-19(27)16(23-20(24)29)7-12-10-25(17-5-4-13(21)8-15(12)17)11-18(26)22-9-14-3-2-6-28-14/h4-5,7-8,10,14H,2-3,6,9,11H2,1H3,(H,22,26)(H,23,29)/b16-7-. The van der Waals surface area contributed by atoms with Crippen molar-refractivity contribution in [2.75, 3.05) is 20.2 Å². The fraction of sp³-hybridized carbons (Fsp3) is 0.350. The summed E-state index contributed by atoms with van der Waals surface area (Å²) in [7, 11) is 1.64. The average Bonchev–Trinajstić information content (AvgIpc) is 3.38. The lowest BCUT2D eigenvalue weighted by Gasteiger charge is -2.11. The van der Waals surface area contributed by atoms with Gasteiger partial charge in [0, 0.05) is 47.3 Å². The lowest BCUT2D eigenvalue weighted by molar-refractivity contribution is -0.122. The van der Waals surface area contributed by atoms with E-state index in [1.54, 1.807) is 13.1 Å². The first-order valence-electron chi connectivity index (χ1n) is 9.40. The van der Waals surface area contributed by atoms with Crippen molar-refractivity contribution < 1.29 is 14.3 Å². The summed E-state index contributed by atoms with van der Waals surface area (Å²) >= 11 is 8.64. The summed E-state index contributed by atoms with van der Waals surface area (Å²) in [6, 6.07) is 5.86. The highest BCUT2D eigenvalue weighted by Gasteiger charge is 2.27. The van der Waals surface area contributed by atoms with Gasteiger partial charge in [0.1, 0.15) is 12.2 Å². The van der Waals surface area contributed by atoms with Crippen molar-refractivity contribution in [3.05, 3.63) is 40.1 Å². The molecule has 2 fully saturated rings. The van der Waals surface area contributed by atoms with Gasteiger partial charge in [0.15, 0.2) is 5.11 Å². The number of benzene rings is 1. The van der Waals surface area contributed by atoms with Crippen LogP contribution in [0.15, 0.2) is 34.6 Å². The first-order valence-corrected chi connectivity index (χ1v) is 10.6. The summed E-state index contributed by atoms with van der Waals surface area (Å²) in [5.74, 6) is -0.254. The van der Waals surface area contributed by atoms with Crippen molar-refractivity contribution in [3.8, 4) is 0 Å². The Hall–Kier alpha value is -2.23. The Labute approximate surface area is 182 Å². The van der Waals surface area contributed by atoms with Gasteiger partial charge in [-0.2, -0.15) is 0 Å². The quantitative estimate of drug-likeness (QED) is 0.511. The second-order valence-corrected chi connectivity index (χ2v) is 8.47. The highest BCUT2D eigenvalue weighted by atomic mass is 79.9. The van der Waals surface area contributed by atoms with E-state index < -0.39 is 0 Å². The first kappa shape index (κ1) is 20.1. The molecule has 0 aliphatic carbocycles. The van der Waals surface area contributed by atoms with E-state index in [0.717, 1.165) is 40.4 Å². The van der Waals surface area contributed by atoms with Crippen molar-refractivity contribution >= 4 is 62.1 Å². The van der Waals surface area contributed by atoms with Gasteiger partial charge in [0.05, 0.1) is 6.10 Å². The number of aromatic nitrogens is 1. The number of ether oxygens (including phenoxy) is 1. The Morgan fingerprint density at radius 1 is 1.48 bits per heavy atom. The summed E-state index contributed by atoms with van der Waals surface area (Å²) in [5, 5.41) is 7.20. The maximum Gasteiger partial charge on any atom is 0.276 e. The molecule has 2 saturated heterocycles. The maximum absolute atomic E-state index is 12.5. The van der Waals surface area contributed by atoms with Crippen LogP contribution in [-0.2, 0) is 20.9 Å². The number of nitrogens with one attached hydrogen (secondary N) is 2. The number of amides is 2. The molecule has 0 saturated carbocycles. The molecular weight excluding hydrogens is 456 g/mol. The van der Waals surface area contributed by atoms with Gasteiger partial charge in [-0.25, -0.2) is 0 Å². The average molecular weight is 477 g/mol. The number of rotatable bonds is 5. The molecule has 1 aromatic carbocycles. The Morgan fingerprint density at radius 2 is 2.31 bits per heavy atom. The van der Waals surface area contributed by atoms with Crippen molar-refractivity contribution in [2.24, 2.45) is 0 Å². The predicted octanol–water partition coefficient (Wildman–Crippen LogP) is 2.39. The van der Waals surface area contributed by atoms with E-state index in [2.05, 4.69) is 26.6 Å². The van der Waals surface area contributed by atoms with Crippen LogP contribution >= 0.6 is 28.1 Å². The van der Waals surface area contributed by atoms with Crippen LogP contribution in [0.5, 0.6) is 0 Å². The van der Waals surface area contributed by atoms with E-state index >= 15 is 0 Å². The third kappa shape index (κ3) is 4.22. The molecule has 0 radical (unpaired) electrons. The minimum Gasteiger partial charge on any atom is -0.376 e. The second-order valence-electron chi connectivity index (χ2n) is 7.17. The number of hydrogen-bond acceptors (Lipinski definition) is 4. The van der Waals surface area contributed by atoms with E-state index in [4.69, 9.17) is 17.0 Å². The Balaban J connectivity index is 1.59. The molecule has 2 N–H and O–H groups in total. The molecular formula is C20H21BrN4O3S. The van der Waals surface area contributed by atoms with E-state index in [0.29, 0.717) is 17.4 Å². The van der Waals surface area contributed by atoms with E-state index in [-0.39, 0.29) is 24.5 Å². The number of fused-ring (bicyclic) bond motifs is 1. The molecule has 152 valence electrons. The first-order chi connectivity index (χ1) is 13.9. The van der Waals surface area contributed by atoms with Gasteiger partial charge in [-0.3, -0.25) is 14.5 Å². The molecule has 9 heteroatoms. The summed E-state index contributed by atoms with van der Waals surface area (Å²) in [6.07, 6.45) is 5.79. The Bertz CT molecular complexity index is 1030. The van der Waals surface area contributed by atoms with Gasteiger partial charge < -0.3 is 19.9 Å². The van der Waals surface area contributed by atoms with Crippen molar-refractivity contribution in [2.45, 2.75) is 25.5 Å². The molecule has 2 aromatic rings. The third-order valence-electron chi connectivity index (χ3n) is 5.12. The molecule has 1 aromatic heterocycles. The summed E-state index contributed by atoms with van der Waals surface area (Å²) in [6.45, 7) is 1.48. The van der Waals surface area contributed by atoms with Crippen LogP contribution in [0.4, 0.5) is 0 Å². The maximum atomic E-state index is 12.5. The Morgan fingerprint density at radius 3 is 3.00 bits per heavy atom.